The van der Waals surface area contributed by atoms with E-state index < -0.39 is 5.60 Å². The Morgan fingerprint density at radius 2 is 1.71 bits per heavy atom. The number of piperidine rings is 1. The summed E-state index contributed by atoms with van der Waals surface area (Å²) in [7, 11) is 4.71. The van der Waals surface area contributed by atoms with Crippen molar-refractivity contribution in [2.45, 2.75) is 31.3 Å². The summed E-state index contributed by atoms with van der Waals surface area (Å²) < 4.78 is 22.0. The Labute approximate surface area is 181 Å². The van der Waals surface area contributed by atoms with Crippen molar-refractivity contribution in [3.05, 3.63) is 53.1 Å². The maximum absolute atomic E-state index is 12.9. The van der Waals surface area contributed by atoms with E-state index >= 15 is 0 Å². The topological polar surface area (TPSA) is 74.3 Å². The molecule has 2 aromatic carbocycles. The number of rotatable bonds is 6. The van der Waals surface area contributed by atoms with Gasteiger partial charge in [0, 0.05) is 37.9 Å². The molecule has 1 saturated heterocycles. The molecule has 31 heavy (non-hydrogen) atoms. The number of nitrogens with zero attached hydrogens (tertiary/aromatic N) is 1. The molecule has 2 aliphatic heterocycles. The maximum atomic E-state index is 12.9. The molecular weight excluding hydrogens is 398 g/mol. The molecule has 7 heteroatoms. The average Bonchev–Trinajstić information content (AvgIpc) is 3.08. The van der Waals surface area contributed by atoms with Crippen molar-refractivity contribution in [1.29, 1.82) is 0 Å². The third kappa shape index (κ3) is 3.69. The lowest BCUT2D eigenvalue weighted by molar-refractivity contribution is -0.135. The van der Waals surface area contributed by atoms with Gasteiger partial charge in [0.05, 0.1) is 26.9 Å². The highest BCUT2D eigenvalue weighted by molar-refractivity contribution is 5.94. The highest BCUT2D eigenvalue weighted by atomic mass is 16.6. The maximum Gasteiger partial charge on any atom is 0.339 e. The van der Waals surface area contributed by atoms with Gasteiger partial charge in [-0.15, -0.1) is 0 Å². The summed E-state index contributed by atoms with van der Waals surface area (Å²) in [4.78, 5) is 27.0. The summed E-state index contributed by atoms with van der Waals surface area (Å²) in [6.45, 7) is 1.12. The van der Waals surface area contributed by atoms with Gasteiger partial charge in [-0.1, -0.05) is 24.3 Å². The second-order valence-electron chi connectivity index (χ2n) is 7.80. The van der Waals surface area contributed by atoms with E-state index in [2.05, 4.69) is 0 Å². The lowest BCUT2D eigenvalue weighted by Gasteiger charge is -2.38. The molecule has 0 aromatic heterocycles. The fourth-order valence-electron chi connectivity index (χ4n) is 4.59. The van der Waals surface area contributed by atoms with Crippen LogP contribution in [0.2, 0.25) is 0 Å². The van der Waals surface area contributed by atoms with Crippen LogP contribution in [0.5, 0.6) is 17.2 Å². The highest BCUT2D eigenvalue weighted by Gasteiger charge is 2.47. The van der Waals surface area contributed by atoms with Crippen LogP contribution in [0.25, 0.3) is 0 Å². The predicted octanol–water partition coefficient (Wildman–Crippen LogP) is 3.33. The molecule has 0 aliphatic carbocycles. The lowest BCUT2D eigenvalue weighted by atomic mass is 9.83. The van der Waals surface area contributed by atoms with Gasteiger partial charge >= 0.3 is 5.97 Å². The second-order valence-corrected chi connectivity index (χ2v) is 7.80. The number of hydrogen-bond donors (Lipinski definition) is 0. The average molecular weight is 425 g/mol. The Morgan fingerprint density at radius 3 is 2.39 bits per heavy atom. The summed E-state index contributed by atoms with van der Waals surface area (Å²) in [6, 6.07) is 11.3. The van der Waals surface area contributed by atoms with Gasteiger partial charge in [0.2, 0.25) is 11.7 Å². The van der Waals surface area contributed by atoms with Crippen LogP contribution >= 0.6 is 0 Å². The summed E-state index contributed by atoms with van der Waals surface area (Å²) >= 11 is 0. The number of ether oxygens (including phenoxy) is 4. The Hall–Kier alpha value is -3.22. The molecule has 1 spiro atoms. The first-order valence-electron chi connectivity index (χ1n) is 10.4. The smallest absolute Gasteiger partial charge is 0.339 e. The third-order valence-corrected chi connectivity index (χ3v) is 6.24. The van der Waals surface area contributed by atoms with E-state index in [4.69, 9.17) is 18.9 Å². The molecule has 0 radical (unpaired) electrons. The van der Waals surface area contributed by atoms with Crippen LogP contribution < -0.4 is 14.2 Å². The second kappa shape index (κ2) is 8.49. The summed E-state index contributed by atoms with van der Waals surface area (Å²) in [5.41, 5.74) is 1.88. The number of fused-ring (bicyclic) bond motifs is 2. The molecule has 0 bridgehead atoms. The molecule has 0 unspecified atom stereocenters. The molecule has 2 heterocycles. The fourth-order valence-corrected chi connectivity index (χ4v) is 4.59. The SMILES string of the molecule is COc1ccc(CCC(=O)N2CCC3(CC2)OC(=O)c2ccccc23)c(OC)c1OC. The molecular formula is C24H27NO6. The van der Waals surface area contributed by atoms with Gasteiger partial charge in [0.25, 0.3) is 0 Å². The predicted molar refractivity (Wildman–Crippen MR) is 114 cm³/mol. The minimum absolute atomic E-state index is 0.0734. The Bertz CT molecular complexity index is 994. The molecule has 0 N–H and O–H groups in total. The van der Waals surface area contributed by atoms with Crippen LogP contribution in [0, 0.1) is 0 Å². The van der Waals surface area contributed by atoms with Crippen LogP contribution in [0.3, 0.4) is 0 Å². The quantitative estimate of drug-likeness (QED) is 0.661. The van der Waals surface area contributed by atoms with Gasteiger partial charge in [-0.3, -0.25) is 4.79 Å². The number of carbonyl (C=O) groups excluding carboxylic acids is 2. The molecule has 0 saturated carbocycles. The molecule has 7 nitrogen and oxygen atoms in total. The lowest BCUT2D eigenvalue weighted by Crippen LogP contribution is -2.45. The standard InChI is InChI=1S/C24H27NO6/c1-28-19-10-8-16(21(29-2)22(19)30-3)9-11-20(26)25-14-12-24(13-15-25)18-7-5-4-6-17(18)23(27)31-24/h4-8,10H,9,11-15H2,1-3H3. The summed E-state index contributed by atoms with van der Waals surface area (Å²) in [6.07, 6.45) is 2.11. The van der Waals surface area contributed by atoms with Gasteiger partial charge in [0.1, 0.15) is 5.60 Å². The Balaban J connectivity index is 1.40. The van der Waals surface area contributed by atoms with E-state index in [1.165, 1.54) is 0 Å². The molecule has 2 aromatic rings. The van der Waals surface area contributed by atoms with E-state index in [1.54, 1.807) is 27.4 Å². The Kier molecular flexibility index (Phi) is 5.76. The van der Waals surface area contributed by atoms with E-state index in [9.17, 15) is 9.59 Å². The molecule has 2 aliphatic rings. The number of amides is 1. The van der Waals surface area contributed by atoms with E-state index in [1.807, 2.05) is 35.2 Å². The number of esters is 1. The number of methoxy groups -OCH3 is 3. The van der Waals surface area contributed by atoms with Crippen LogP contribution in [0.4, 0.5) is 0 Å². The molecule has 0 atom stereocenters. The van der Waals surface area contributed by atoms with Crippen LogP contribution in [-0.4, -0.2) is 51.2 Å². The number of aryl methyl sites for hydroxylation is 1. The zero-order valence-corrected chi connectivity index (χ0v) is 18.1. The molecule has 4 rings (SSSR count). The minimum Gasteiger partial charge on any atom is -0.493 e. The first-order valence-corrected chi connectivity index (χ1v) is 10.4. The summed E-state index contributed by atoms with van der Waals surface area (Å²) in [5, 5.41) is 0. The van der Waals surface area contributed by atoms with Gasteiger partial charge in [-0.2, -0.15) is 0 Å². The zero-order valence-electron chi connectivity index (χ0n) is 18.1. The zero-order chi connectivity index (χ0) is 22.0. The number of likely N-dealkylation sites (tertiary alicyclic amines) is 1. The third-order valence-electron chi connectivity index (χ3n) is 6.24. The first-order chi connectivity index (χ1) is 15.0. The van der Waals surface area contributed by atoms with Gasteiger partial charge < -0.3 is 23.8 Å². The molecule has 1 fully saturated rings. The summed E-state index contributed by atoms with van der Waals surface area (Å²) in [5.74, 6) is 1.50. The molecule has 1 amide bonds. The van der Waals surface area contributed by atoms with Crippen LogP contribution in [0.1, 0.15) is 40.7 Å². The van der Waals surface area contributed by atoms with Crippen LogP contribution in [-0.2, 0) is 21.6 Å². The van der Waals surface area contributed by atoms with Gasteiger partial charge in [0.15, 0.2) is 11.5 Å². The van der Waals surface area contributed by atoms with Gasteiger partial charge in [-0.25, -0.2) is 4.79 Å². The number of carbonyl (C=O) groups is 2. The number of benzene rings is 2. The number of hydrogen-bond acceptors (Lipinski definition) is 6. The van der Waals surface area contributed by atoms with Crippen molar-refractivity contribution in [3.63, 3.8) is 0 Å². The van der Waals surface area contributed by atoms with Crippen molar-refractivity contribution < 1.29 is 28.5 Å². The Morgan fingerprint density at radius 1 is 1.00 bits per heavy atom. The van der Waals surface area contributed by atoms with Crippen LogP contribution in [0.15, 0.2) is 36.4 Å². The minimum atomic E-state index is -0.600. The van der Waals surface area contributed by atoms with E-state index in [0.29, 0.717) is 61.6 Å². The van der Waals surface area contributed by atoms with Crippen molar-refractivity contribution in [3.8, 4) is 17.2 Å². The monoisotopic (exact) mass is 425 g/mol. The first kappa shape index (κ1) is 21.0. The van der Waals surface area contributed by atoms with Crippen molar-refractivity contribution in [2.75, 3.05) is 34.4 Å². The fraction of sp³-hybridized carbons (Fsp3) is 0.417. The van der Waals surface area contributed by atoms with Gasteiger partial charge in [-0.05, 0) is 24.1 Å². The van der Waals surface area contributed by atoms with E-state index in [0.717, 1.165) is 11.1 Å². The van der Waals surface area contributed by atoms with E-state index in [-0.39, 0.29) is 11.9 Å². The molecule has 164 valence electrons. The van der Waals surface area contributed by atoms with Crippen molar-refractivity contribution in [1.82, 2.24) is 4.90 Å². The van der Waals surface area contributed by atoms with Crippen molar-refractivity contribution in [2.24, 2.45) is 0 Å². The van der Waals surface area contributed by atoms with Crippen molar-refractivity contribution >= 4 is 11.9 Å². The normalized spacial score (nSPS) is 16.6. The highest BCUT2D eigenvalue weighted by Crippen LogP contribution is 2.44. The largest absolute Gasteiger partial charge is 0.493 e.